The fourth-order valence-corrected chi connectivity index (χ4v) is 2.55. The molecule has 0 aromatic heterocycles. The summed E-state index contributed by atoms with van der Waals surface area (Å²) in [4.78, 5) is 4.26. The number of aliphatic imine (C=N–C) groups is 1. The highest BCUT2D eigenvalue weighted by molar-refractivity contribution is 5.93. The van der Waals surface area contributed by atoms with E-state index in [1.807, 2.05) is 43.3 Å². The molecular formula is C20H27N3O3. The number of nitrogens with zero attached hydrogens (tertiary/aromatic N) is 1. The van der Waals surface area contributed by atoms with Crippen LogP contribution in [0.15, 0.2) is 47.5 Å². The summed E-state index contributed by atoms with van der Waals surface area (Å²) in [5, 5.41) is 6.57. The molecule has 0 bridgehead atoms. The van der Waals surface area contributed by atoms with Gasteiger partial charge in [-0.2, -0.15) is 0 Å². The molecule has 0 atom stereocenters. The average Bonchev–Trinajstić information content (AvgIpc) is 2.68. The third-order valence-electron chi connectivity index (χ3n) is 3.83. The minimum atomic E-state index is 0.660. The Kier molecular flexibility index (Phi) is 7.61. The van der Waals surface area contributed by atoms with Crippen molar-refractivity contribution in [3.8, 4) is 17.2 Å². The average molecular weight is 357 g/mol. The molecule has 0 saturated heterocycles. The van der Waals surface area contributed by atoms with Crippen LogP contribution in [0, 0.1) is 0 Å². The molecule has 0 aliphatic heterocycles. The predicted octanol–water partition coefficient (Wildman–Crippen LogP) is 3.33. The maximum atomic E-state index is 5.66. The van der Waals surface area contributed by atoms with Gasteiger partial charge in [0.2, 0.25) is 0 Å². The molecule has 0 aliphatic rings. The molecule has 6 nitrogen and oxygen atoms in total. The molecule has 0 heterocycles. The maximum absolute atomic E-state index is 5.66. The smallest absolute Gasteiger partial charge is 0.195 e. The molecule has 0 amide bonds. The molecule has 6 heteroatoms. The second-order valence-electron chi connectivity index (χ2n) is 5.48. The second kappa shape index (κ2) is 10.2. The summed E-state index contributed by atoms with van der Waals surface area (Å²) in [6.07, 6.45) is 0.836. The van der Waals surface area contributed by atoms with Gasteiger partial charge in [-0.25, -0.2) is 0 Å². The Labute approximate surface area is 155 Å². The van der Waals surface area contributed by atoms with E-state index in [0.717, 1.165) is 24.4 Å². The van der Waals surface area contributed by atoms with Gasteiger partial charge in [0.1, 0.15) is 5.75 Å². The maximum Gasteiger partial charge on any atom is 0.195 e. The number of guanidine groups is 1. The van der Waals surface area contributed by atoms with E-state index in [4.69, 9.17) is 14.2 Å². The normalized spacial score (nSPS) is 11.0. The molecule has 0 unspecified atom stereocenters. The van der Waals surface area contributed by atoms with E-state index < -0.39 is 0 Å². The van der Waals surface area contributed by atoms with Crippen molar-refractivity contribution in [3.63, 3.8) is 0 Å². The van der Waals surface area contributed by atoms with E-state index in [1.165, 1.54) is 5.56 Å². The zero-order valence-corrected chi connectivity index (χ0v) is 15.8. The van der Waals surface area contributed by atoms with Gasteiger partial charge >= 0.3 is 0 Å². The van der Waals surface area contributed by atoms with Crippen LogP contribution in [0.5, 0.6) is 17.2 Å². The Morgan fingerprint density at radius 3 is 2.46 bits per heavy atom. The molecule has 0 aliphatic carbocycles. The van der Waals surface area contributed by atoms with E-state index in [-0.39, 0.29) is 0 Å². The first-order chi connectivity index (χ1) is 12.7. The lowest BCUT2D eigenvalue weighted by Crippen LogP contribution is -2.32. The van der Waals surface area contributed by atoms with Crippen molar-refractivity contribution in [1.82, 2.24) is 5.32 Å². The van der Waals surface area contributed by atoms with Crippen LogP contribution in [0.2, 0.25) is 0 Å². The molecule has 0 radical (unpaired) electrons. The number of methoxy groups -OCH3 is 2. The lowest BCUT2D eigenvalue weighted by atomic mass is 10.1. The van der Waals surface area contributed by atoms with Crippen LogP contribution in [0.1, 0.15) is 12.5 Å². The summed E-state index contributed by atoms with van der Waals surface area (Å²) < 4.78 is 16.2. The van der Waals surface area contributed by atoms with Crippen molar-refractivity contribution in [1.29, 1.82) is 0 Å². The van der Waals surface area contributed by atoms with Crippen molar-refractivity contribution in [3.05, 3.63) is 48.0 Å². The van der Waals surface area contributed by atoms with E-state index >= 15 is 0 Å². The van der Waals surface area contributed by atoms with Gasteiger partial charge in [0.05, 0.1) is 20.8 Å². The minimum Gasteiger partial charge on any atom is -0.494 e. The molecule has 2 aromatic rings. The van der Waals surface area contributed by atoms with Crippen LogP contribution in [0.25, 0.3) is 0 Å². The molecule has 0 spiro atoms. The Morgan fingerprint density at radius 2 is 1.77 bits per heavy atom. The van der Waals surface area contributed by atoms with E-state index in [1.54, 1.807) is 21.3 Å². The standard InChI is InChI=1S/C20H27N3O3/c1-5-26-17-9-7-6-8-15(17)12-13-22-20(21-2)23-16-10-11-18(24-3)19(14-16)25-4/h6-11,14H,5,12-13H2,1-4H3,(H2,21,22,23). The van der Waals surface area contributed by atoms with Crippen LogP contribution in [-0.2, 0) is 6.42 Å². The molecule has 2 N–H and O–H groups in total. The first-order valence-corrected chi connectivity index (χ1v) is 8.62. The molecule has 26 heavy (non-hydrogen) atoms. The number of nitrogens with one attached hydrogen (secondary N) is 2. The summed E-state index contributed by atoms with van der Waals surface area (Å²) in [5.41, 5.74) is 2.04. The Hall–Kier alpha value is -2.89. The topological polar surface area (TPSA) is 64.1 Å². The third-order valence-corrected chi connectivity index (χ3v) is 3.83. The summed E-state index contributed by atoms with van der Waals surface area (Å²) in [6.45, 7) is 3.38. The molecule has 2 aromatic carbocycles. The van der Waals surface area contributed by atoms with Crippen molar-refractivity contribution in [2.24, 2.45) is 4.99 Å². The summed E-state index contributed by atoms with van der Waals surface area (Å²) in [7, 11) is 4.97. The number of rotatable bonds is 8. The Balaban J connectivity index is 1.94. The van der Waals surface area contributed by atoms with Crippen LogP contribution in [0.3, 0.4) is 0 Å². The highest BCUT2D eigenvalue weighted by Gasteiger charge is 2.07. The molecule has 140 valence electrons. The van der Waals surface area contributed by atoms with Crippen LogP contribution in [-0.4, -0.2) is 40.4 Å². The van der Waals surface area contributed by atoms with Crippen molar-refractivity contribution in [2.75, 3.05) is 39.7 Å². The van der Waals surface area contributed by atoms with Crippen molar-refractivity contribution < 1.29 is 14.2 Å². The number of anilines is 1. The summed E-state index contributed by atoms with van der Waals surface area (Å²) in [5.74, 6) is 2.97. The lowest BCUT2D eigenvalue weighted by molar-refractivity contribution is 0.336. The van der Waals surface area contributed by atoms with Crippen molar-refractivity contribution >= 4 is 11.6 Å². The minimum absolute atomic E-state index is 0.660. The van der Waals surface area contributed by atoms with Gasteiger partial charge in [-0.15, -0.1) is 0 Å². The SMILES string of the molecule is CCOc1ccccc1CCNC(=NC)Nc1ccc(OC)c(OC)c1. The van der Waals surface area contributed by atoms with Gasteiger partial charge in [0, 0.05) is 25.3 Å². The highest BCUT2D eigenvalue weighted by atomic mass is 16.5. The molecule has 0 saturated carbocycles. The van der Waals surface area contributed by atoms with Gasteiger partial charge < -0.3 is 24.8 Å². The number of hydrogen-bond acceptors (Lipinski definition) is 4. The fourth-order valence-electron chi connectivity index (χ4n) is 2.55. The number of benzene rings is 2. The Morgan fingerprint density at radius 1 is 1.00 bits per heavy atom. The van der Waals surface area contributed by atoms with Gasteiger partial charge in [-0.05, 0) is 37.1 Å². The zero-order chi connectivity index (χ0) is 18.8. The first-order valence-electron chi connectivity index (χ1n) is 8.62. The number of para-hydroxylation sites is 1. The summed E-state index contributed by atoms with van der Waals surface area (Å²) >= 11 is 0. The van der Waals surface area contributed by atoms with Crippen LogP contribution >= 0.6 is 0 Å². The molecule has 0 fully saturated rings. The van der Waals surface area contributed by atoms with E-state index in [0.29, 0.717) is 24.1 Å². The second-order valence-corrected chi connectivity index (χ2v) is 5.48. The van der Waals surface area contributed by atoms with E-state index in [9.17, 15) is 0 Å². The summed E-state index contributed by atoms with van der Waals surface area (Å²) in [6, 6.07) is 13.7. The third kappa shape index (κ3) is 5.31. The van der Waals surface area contributed by atoms with Gasteiger partial charge in [-0.3, -0.25) is 4.99 Å². The quantitative estimate of drug-likeness (QED) is 0.560. The highest BCUT2D eigenvalue weighted by Crippen LogP contribution is 2.29. The zero-order valence-electron chi connectivity index (χ0n) is 15.8. The first kappa shape index (κ1) is 19.4. The predicted molar refractivity (Wildman–Crippen MR) is 106 cm³/mol. The van der Waals surface area contributed by atoms with Gasteiger partial charge in [-0.1, -0.05) is 18.2 Å². The monoisotopic (exact) mass is 357 g/mol. The Bertz CT molecular complexity index is 732. The molecule has 2 rings (SSSR count). The van der Waals surface area contributed by atoms with Gasteiger partial charge in [0.25, 0.3) is 0 Å². The fraction of sp³-hybridized carbons (Fsp3) is 0.350. The van der Waals surface area contributed by atoms with E-state index in [2.05, 4.69) is 21.7 Å². The van der Waals surface area contributed by atoms with Crippen molar-refractivity contribution in [2.45, 2.75) is 13.3 Å². The number of hydrogen-bond donors (Lipinski definition) is 2. The van der Waals surface area contributed by atoms with Gasteiger partial charge in [0.15, 0.2) is 17.5 Å². The largest absolute Gasteiger partial charge is 0.494 e. The lowest BCUT2D eigenvalue weighted by Gasteiger charge is -2.15. The molecular weight excluding hydrogens is 330 g/mol. The number of ether oxygens (including phenoxy) is 3. The van der Waals surface area contributed by atoms with Crippen LogP contribution in [0.4, 0.5) is 5.69 Å². The van der Waals surface area contributed by atoms with Crippen LogP contribution < -0.4 is 24.8 Å².